The van der Waals surface area contributed by atoms with E-state index in [4.69, 9.17) is 17.0 Å². The Labute approximate surface area is 103 Å². The number of allylic oxidation sites excluding steroid dienone is 2. The van der Waals surface area contributed by atoms with E-state index < -0.39 is 5.41 Å². The van der Waals surface area contributed by atoms with Crippen molar-refractivity contribution < 1.29 is 9.53 Å². The smallest absolute Gasteiger partial charge is 0.320 e. The standard InChI is InChI=1S/C13H20O2S/c1-6-10(4)9-13(5,11(16)7-2)12(14)15-8-3/h6,9H,1,7-8H2,2-5H3/b10-9+. The van der Waals surface area contributed by atoms with Gasteiger partial charge < -0.3 is 4.74 Å². The van der Waals surface area contributed by atoms with E-state index in [1.165, 1.54) is 0 Å². The maximum absolute atomic E-state index is 11.9. The average molecular weight is 240 g/mol. The normalized spacial score (nSPS) is 15.1. The fourth-order valence-electron chi connectivity index (χ4n) is 1.42. The zero-order chi connectivity index (χ0) is 12.8. The molecule has 1 atom stereocenters. The summed E-state index contributed by atoms with van der Waals surface area (Å²) in [5.41, 5.74) is 0.101. The molecule has 0 saturated carbocycles. The Balaban J connectivity index is 5.27. The van der Waals surface area contributed by atoms with Crippen molar-refractivity contribution >= 4 is 23.1 Å². The van der Waals surface area contributed by atoms with Crippen LogP contribution < -0.4 is 0 Å². The van der Waals surface area contributed by atoms with Crippen LogP contribution in [0.25, 0.3) is 0 Å². The fraction of sp³-hybridized carbons (Fsp3) is 0.538. The summed E-state index contributed by atoms with van der Waals surface area (Å²) < 4.78 is 5.07. The van der Waals surface area contributed by atoms with E-state index in [1.54, 1.807) is 19.9 Å². The van der Waals surface area contributed by atoms with Crippen LogP contribution in [-0.2, 0) is 9.53 Å². The molecule has 90 valence electrons. The Kier molecular flexibility index (Phi) is 6.19. The summed E-state index contributed by atoms with van der Waals surface area (Å²) in [6.07, 6.45) is 4.20. The van der Waals surface area contributed by atoms with Crippen LogP contribution in [-0.4, -0.2) is 17.4 Å². The van der Waals surface area contributed by atoms with E-state index in [0.717, 1.165) is 5.57 Å². The third kappa shape index (κ3) is 3.56. The highest BCUT2D eigenvalue weighted by Gasteiger charge is 2.35. The molecule has 0 bridgehead atoms. The van der Waals surface area contributed by atoms with E-state index in [1.807, 2.05) is 19.9 Å². The van der Waals surface area contributed by atoms with Crippen LogP contribution in [0.3, 0.4) is 0 Å². The molecule has 0 radical (unpaired) electrons. The molecule has 2 nitrogen and oxygen atoms in total. The van der Waals surface area contributed by atoms with Gasteiger partial charge in [0.1, 0.15) is 5.41 Å². The van der Waals surface area contributed by atoms with Crippen LogP contribution in [0.1, 0.15) is 34.1 Å². The Hall–Kier alpha value is -0.960. The molecule has 16 heavy (non-hydrogen) atoms. The maximum atomic E-state index is 11.9. The lowest BCUT2D eigenvalue weighted by Gasteiger charge is -2.24. The molecule has 3 heteroatoms. The highest BCUT2D eigenvalue weighted by atomic mass is 32.1. The van der Waals surface area contributed by atoms with E-state index in [9.17, 15) is 4.79 Å². The van der Waals surface area contributed by atoms with Crippen LogP contribution in [0, 0.1) is 5.41 Å². The minimum atomic E-state index is -0.821. The summed E-state index contributed by atoms with van der Waals surface area (Å²) >= 11 is 5.27. The number of hydrogen-bond donors (Lipinski definition) is 0. The predicted octanol–water partition coefficient (Wildman–Crippen LogP) is 3.47. The van der Waals surface area contributed by atoms with Crippen LogP contribution in [0.4, 0.5) is 0 Å². The lowest BCUT2D eigenvalue weighted by atomic mass is 9.83. The van der Waals surface area contributed by atoms with Crippen molar-refractivity contribution in [3.63, 3.8) is 0 Å². The Morgan fingerprint density at radius 1 is 1.50 bits per heavy atom. The topological polar surface area (TPSA) is 26.3 Å². The van der Waals surface area contributed by atoms with Gasteiger partial charge in [0.05, 0.1) is 6.61 Å². The summed E-state index contributed by atoms with van der Waals surface area (Å²) in [5, 5.41) is 0. The molecule has 1 unspecified atom stereocenters. The first kappa shape index (κ1) is 15.0. The summed E-state index contributed by atoms with van der Waals surface area (Å²) in [6, 6.07) is 0. The molecule has 0 amide bonds. The molecule has 0 fully saturated rings. The van der Waals surface area contributed by atoms with Crippen LogP contribution in [0.15, 0.2) is 24.3 Å². The molecule has 0 aliphatic heterocycles. The second-order valence-corrected chi connectivity index (χ2v) is 4.28. The highest BCUT2D eigenvalue weighted by Crippen LogP contribution is 2.27. The first-order chi connectivity index (χ1) is 7.42. The average Bonchev–Trinajstić information content (AvgIpc) is 2.27. The van der Waals surface area contributed by atoms with Gasteiger partial charge in [0.25, 0.3) is 0 Å². The van der Waals surface area contributed by atoms with Crippen molar-refractivity contribution in [1.82, 2.24) is 0 Å². The molecule has 0 heterocycles. The number of hydrogen-bond acceptors (Lipinski definition) is 3. The second kappa shape index (κ2) is 6.59. The van der Waals surface area contributed by atoms with Gasteiger partial charge in [-0.2, -0.15) is 0 Å². The van der Waals surface area contributed by atoms with Crippen molar-refractivity contribution in [1.29, 1.82) is 0 Å². The van der Waals surface area contributed by atoms with Gasteiger partial charge in [0.2, 0.25) is 0 Å². The van der Waals surface area contributed by atoms with Gasteiger partial charge in [-0.25, -0.2) is 0 Å². The van der Waals surface area contributed by atoms with Crippen molar-refractivity contribution in [2.45, 2.75) is 34.1 Å². The van der Waals surface area contributed by atoms with Crippen molar-refractivity contribution in [2.24, 2.45) is 5.41 Å². The van der Waals surface area contributed by atoms with E-state index in [2.05, 4.69) is 6.58 Å². The van der Waals surface area contributed by atoms with Gasteiger partial charge in [-0.1, -0.05) is 43.4 Å². The fourth-order valence-corrected chi connectivity index (χ4v) is 1.56. The molecule has 0 rings (SSSR count). The summed E-state index contributed by atoms with van der Waals surface area (Å²) in [7, 11) is 0. The number of carbonyl (C=O) groups is 1. The molecule has 0 aromatic carbocycles. The summed E-state index contributed by atoms with van der Waals surface area (Å²) in [5.74, 6) is -0.289. The van der Waals surface area contributed by atoms with Crippen LogP contribution in [0.2, 0.25) is 0 Å². The van der Waals surface area contributed by atoms with E-state index >= 15 is 0 Å². The zero-order valence-electron chi connectivity index (χ0n) is 10.5. The SMILES string of the molecule is C=C/C(C)=C/C(C)(C(=O)OCC)C(=S)CC. The van der Waals surface area contributed by atoms with Crippen LogP contribution >= 0.6 is 12.2 Å². The van der Waals surface area contributed by atoms with Crippen LogP contribution in [0.5, 0.6) is 0 Å². The quantitative estimate of drug-likeness (QED) is 0.404. The Morgan fingerprint density at radius 3 is 2.44 bits per heavy atom. The minimum absolute atomic E-state index is 0.289. The van der Waals surface area contributed by atoms with Crippen molar-refractivity contribution in [3.05, 3.63) is 24.3 Å². The first-order valence-corrected chi connectivity index (χ1v) is 5.85. The van der Waals surface area contributed by atoms with Gasteiger partial charge in [-0.3, -0.25) is 4.79 Å². The molecule has 0 saturated heterocycles. The van der Waals surface area contributed by atoms with E-state index in [0.29, 0.717) is 17.9 Å². The summed E-state index contributed by atoms with van der Waals surface area (Å²) in [4.78, 5) is 12.6. The van der Waals surface area contributed by atoms with Gasteiger partial charge >= 0.3 is 5.97 Å². The Morgan fingerprint density at radius 2 is 2.06 bits per heavy atom. The summed E-state index contributed by atoms with van der Waals surface area (Å²) in [6.45, 7) is 11.5. The molecular formula is C13H20O2S. The predicted molar refractivity (Wildman–Crippen MR) is 71.6 cm³/mol. The van der Waals surface area contributed by atoms with Gasteiger partial charge in [0.15, 0.2) is 0 Å². The number of thiocarbonyl (C=S) groups is 1. The number of carbonyl (C=O) groups excluding carboxylic acids is 1. The lowest BCUT2D eigenvalue weighted by molar-refractivity contribution is -0.148. The number of ether oxygens (including phenoxy) is 1. The van der Waals surface area contributed by atoms with E-state index in [-0.39, 0.29) is 5.97 Å². The van der Waals surface area contributed by atoms with Gasteiger partial charge in [-0.15, -0.1) is 0 Å². The van der Waals surface area contributed by atoms with Gasteiger partial charge in [-0.05, 0) is 27.2 Å². The van der Waals surface area contributed by atoms with Gasteiger partial charge in [0, 0.05) is 4.86 Å². The zero-order valence-corrected chi connectivity index (χ0v) is 11.3. The third-order valence-electron chi connectivity index (χ3n) is 2.44. The third-order valence-corrected chi connectivity index (χ3v) is 3.15. The number of esters is 1. The minimum Gasteiger partial charge on any atom is -0.465 e. The largest absolute Gasteiger partial charge is 0.465 e. The molecule has 0 N–H and O–H groups in total. The monoisotopic (exact) mass is 240 g/mol. The molecule has 0 aromatic rings. The molecule has 0 aromatic heterocycles. The first-order valence-electron chi connectivity index (χ1n) is 5.44. The Bertz CT molecular complexity index is 318. The van der Waals surface area contributed by atoms with Crippen molar-refractivity contribution in [2.75, 3.05) is 6.61 Å². The number of rotatable bonds is 6. The lowest BCUT2D eigenvalue weighted by Crippen LogP contribution is -2.35. The van der Waals surface area contributed by atoms with Crippen molar-refractivity contribution in [3.8, 4) is 0 Å². The maximum Gasteiger partial charge on any atom is 0.320 e. The molecule has 0 aliphatic carbocycles. The molecular weight excluding hydrogens is 220 g/mol. The molecule has 0 aliphatic rings. The highest BCUT2D eigenvalue weighted by molar-refractivity contribution is 7.80. The second-order valence-electron chi connectivity index (χ2n) is 3.79. The molecule has 0 spiro atoms.